The van der Waals surface area contributed by atoms with Crippen LogP contribution in [0.25, 0.3) is 6.08 Å². The summed E-state index contributed by atoms with van der Waals surface area (Å²) in [7, 11) is 1.55. The van der Waals surface area contributed by atoms with E-state index < -0.39 is 0 Å². The van der Waals surface area contributed by atoms with Gasteiger partial charge < -0.3 is 10.1 Å². The summed E-state index contributed by atoms with van der Waals surface area (Å²) in [5.74, 6) is 0.325. The quantitative estimate of drug-likeness (QED) is 0.765. The minimum absolute atomic E-state index is 0.114. The van der Waals surface area contributed by atoms with E-state index in [1.54, 1.807) is 31.4 Å². The number of carbonyl (C=O) groups excluding carboxylic acids is 1. The molecule has 1 N–H and O–H groups in total. The molecular formula is C20H22ClNO2. The summed E-state index contributed by atoms with van der Waals surface area (Å²) in [6.45, 7) is 6.51. The van der Waals surface area contributed by atoms with Gasteiger partial charge in [0.15, 0.2) is 0 Å². The highest BCUT2D eigenvalue weighted by atomic mass is 35.5. The molecule has 0 atom stereocenters. The molecular weight excluding hydrogens is 322 g/mol. The van der Waals surface area contributed by atoms with Crippen LogP contribution in [-0.2, 0) is 10.2 Å². The molecule has 0 spiro atoms. The Bertz CT molecular complexity index is 743. The van der Waals surface area contributed by atoms with Crippen LogP contribution in [0.2, 0.25) is 5.02 Å². The van der Waals surface area contributed by atoms with Gasteiger partial charge in [-0.15, -0.1) is 0 Å². The predicted octanol–water partition coefficient (Wildman–Crippen LogP) is 5.30. The van der Waals surface area contributed by atoms with Gasteiger partial charge in [0.2, 0.25) is 5.91 Å². The van der Waals surface area contributed by atoms with Gasteiger partial charge in [0.25, 0.3) is 0 Å². The molecule has 0 aliphatic rings. The van der Waals surface area contributed by atoms with E-state index in [0.29, 0.717) is 16.5 Å². The van der Waals surface area contributed by atoms with Crippen molar-refractivity contribution in [1.29, 1.82) is 0 Å². The third-order valence-corrected chi connectivity index (χ3v) is 3.86. The van der Waals surface area contributed by atoms with Gasteiger partial charge in [0.05, 0.1) is 12.8 Å². The molecule has 126 valence electrons. The number of amides is 1. The van der Waals surface area contributed by atoms with Crippen LogP contribution in [0.15, 0.2) is 48.5 Å². The number of ether oxygens (including phenoxy) is 1. The number of carbonyl (C=O) groups is 1. The van der Waals surface area contributed by atoms with E-state index in [0.717, 1.165) is 5.56 Å². The van der Waals surface area contributed by atoms with E-state index in [-0.39, 0.29) is 11.3 Å². The topological polar surface area (TPSA) is 38.3 Å². The number of methoxy groups -OCH3 is 1. The van der Waals surface area contributed by atoms with E-state index in [4.69, 9.17) is 16.3 Å². The second-order valence-corrected chi connectivity index (χ2v) is 6.98. The maximum absolute atomic E-state index is 12.1. The molecule has 0 bridgehead atoms. The molecule has 2 aromatic rings. The van der Waals surface area contributed by atoms with Gasteiger partial charge >= 0.3 is 0 Å². The molecule has 0 saturated heterocycles. The molecule has 0 unspecified atom stereocenters. The number of nitrogens with one attached hydrogen (secondary N) is 1. The SMILES string of the molecule is COc1ccc(Cl)cc1NC(=O)/C=C/c1ccc(C(C)(C)C)cc1. The molecule has 24 heavy (non-hydrogen) atoms. The molecule has 0 aromatic heterocycles. The van der Waals surface area contributed by atoms with Crippen molar-refractivity contribution < 1.29 is 9.53 Å². The number of halogens is 1. The highest BCUT2D eigenvalue weighted by Gasteiger charge is 2.12. The van der Waals surface area contributed by atoms with Crippen molar-refractivity contribution in [2.45, 2.75) is 26.2 Å². The summed E-state index contributed by atoms with van der Waals surface area (Å²) < 4.78 is 5.21. The summed E-state index contributed by atoms with van der Waals surface area (Å²) in [6.07, 6.45) is 3.27. The van der Waals surface area contributed by atoms with E-state index >= 15 is 0 Å². The monoisotopic (exact) mass is 343 g/mol. The van der Waals surface area contributed by atoms with Gasteiger partial charge in [-0.1, -0.05) is 56.6 Å². The second-order valence-electron chi connectivity index (χ2n) is 6.54. The normalized spacial score (nSPS) is 11.5. The van der Waals surface area contributed by atoms with Gasteiger partial charge in [0, 0.05) is 11.1 Å². The molecule has 2 aromatic carbocycles. The summed E-state index contributed by atoms with van der Waals surface area (Å²) in [6, 6.07) is 13.3. The lowest BCUT2D eigenvalue weighted by Crippen LogP contribution is -2.10. The Hall–Kier alpha value is -2.26. The zero-order chi connectivity index (χ0) is 17.7. The fourth-order valence-electron chi connectivity index (χ4n) is 2.22. The molecule has 0 fully saturated rings. The zero-order valence-corrected chi connectivity index (χ0v) is 15.1. The van der Waals surface area contributed by atoms with Crippen molar-refractivity contribution in [3.05, 3.63) is 64.7 Å². The van der Waals surface area contributed by atoms with Crippen LogP contribution in [0, 0.1) is 0 Å². The number of hydrogen-bond acceptors (Lipinski definition) is 2. The van der Waals surface area contributed by atoms with Gasteiger partial charge in [-0.05, 0) is 40.8 Å². The van der Waals surface area contributed by atoms with E-state index in [1.165, 1.54) is 11.6 Å². The summed E-state index contributed by atoms with van der Waals surface area (Å²) in [4.78, 5) is 12.1. The van der Waals surface area contributed by atoms with Crippen molar-refractivity contribution in [2.24, 2.45) is 0 Å². The number of rotatable bonds is 4. The molecule has 3 nitrogen and oxygen atoms in total. The summed E-state index contributed by atoms with van der Waals surface area (Å²) in [5, 5.41) is 3.31. The van der Waals surface area contributed by atoms with Crippen molar-refractivity contribution >= 4 is 29.3 Å². The Kier molecular flexibility index (Phi) is 5.68. The van der Waals surface area contributed by atoms with Crippen molar-refractivity contribution in [1.82, 2.24) is 0 Å². The maximum atomic E-state index is 12.1. The lowest BCUT2D eigenvalue weighted by atomic mass is 9.87. The largest absolute Gasteiger partial charge is 0.495 e. The number of hydrogen-bond donors (Lipinski definition) is 1. The molecule has 0 heterocycles. The fourth-order valence-corrected chi connectivity index (χ4v) is 2.39. The first-order valence-electron chi connectivity index (χ1n) is 7.73. The average molecular weight is 344 g/mol. The predicted molar refractivity (Wildman–Crippen MR) is 101 cm³/mol. The van der Waals surface area contributed by atoms with Crippen LogP contribution in [-0.4, -0.2) is 13.0 Å². The van der Waals surface area contributed by atoms with Crippen LogP contribution in [0.4, 0.5) is 5.69 Å². The molecule has 1 amide bonds. The minimum Gasteiger partial charge on any atom is -0.495 e. The zero-order valence-electron chi connectivity index (χ0n) is 14.4. The molecule has 0 aliphatic carbocycles. The average Bonchev–Trinajstić information content (AvgIpc) is 2.53. The van der Waals surface area contributed by atoms with Crippen LogP contribution in [0.5, 0.6) is 5.75 Å². The molecule has 2 rings (SSSR count). The van der Waals surface area contributed by atoms with Crippen LogP contribution >= 0.6 is 11.6 Å². The lowest BCUT2D eigenvalue weighted by molar-refractivity contribution is -0.111. The molecule has 4 heteroatoms. The Morgan fingerprint density at radius 2 is 1.79 bits per heavy atom. The van der Waals surface area contributed by atoms with Crippen molar-refractivity contribution in [3.63, 3.8) is 0 Å². The highest BCUT2D eigenvalue weighted by molar-refractivity contribution is 6.31. The van der Waals surface area contributed by atoms with Gasteiger partial charge in [-0.2, -0.15) is 0 Å². The fraction of sp³-hybridized carbons (Fsp3) is 0.250. The Morgan fingerprint density at radius 1 is 1.12 bits per heavy atom. The Labute approximate surface area is 148 Å². The second kappa shape index (κ2) is 7.54. The molecule has 0 saturated carbocycles. The first kappa shape index (κ1) is 18.1. The van der Waals surface area contributed by atoms with Crippen LogP contribution in [0.1, 0.15) is 31.9 Å². The van der Waals surface area contributed by atoms with Gasteiger partial charge in [-0.25, -0.2) is 0 Å². The maximum Gasteiger partial charge on any atom is 0.248 e. The first-order valence-corrected chi connectivity index (χ1v) is 8.10. The standard InChI is InChI=1S/C20H22ClNO2/c1-20(2,3)15-8-5-14(6-9-15)7-12-19(23)22-17-13-16(21)10-11-18(17)24-4/h5-13H,1-4H3,(H,22,23)/b12-7+. The van der Waals surface area contributed by atoms with Gasteiger partial charge in [-0.3, -0.25) is 4.79 Å². The molecule has 0 aliphatic heterocycles. The van der Waals surface area contributed by atoms with Gasteiger partial charge in [0.1, 0.15) is 5.75 Å². The third kappa shape index (κ3) is 4.87. The summed E-state index contributed by atoms with van der Waals surface area (Å²) in [5.41, 5.74) is 2.88. The van der Waals surface area contributed by atoms with Crippen LogP contribution < -0.4 is 10.1 Å². The first-order chi connectivity index (χ1) is 11.3. The molecule has 0 radical (unpaired) electrons. The van der Waals surface area contributed by atoms with Crippen molar-refractivity contribution in [3.8, 4) is 5.75 Å². The highest BCUT2D eigenvalue weighted by Crippen LogP contribution is 2.27. The number of benzene rings is 2. The van der Waals surface area contributed by atoms with Crippen LogP contribution in [0.3, 0.4) is 0 Å². The van der Waals surface area contributed by atoms with E-state index in [9.17, 15) is 4.79 Å². The Morgan fingerprint density at radius 3 is 2.38 bits per heavy atom. The van der Waals surface area contributed by atoms with E-state index in [2.05, 4.69) is 38.2 Å². The smallest absolute Gasteiger partial charge is 0.248 e. The third-order valence-electron chi connectivity index (χ3n) is 3.62. The van der Waals surface area contributed by atoms with E-state index in [1.807, 2.05) is 12.1 Å². The lowest BCUT2D eigenvalue weighted by Gasteiger charge is -2.18. The van der Waals surface area contributed by atoms with Crippen molar-refractivity contribution in [2.75, 3.05) is 12.4 Å². The number of anilines is 1. The Balaban J connectivity index is 2.07. The minimum atomic E-state index is -0.240. The summed E-state index contributed by atoms with van der Waals surface area (Å²) >= 11 is 5.96.